The minimum Gasteiger partial charge on any atom is -0.493 e. The smallest absolute Gasteiger partial charge is 0.163 e. The Kier molecular flexibility index (Phi) is 4.21. The third kappa shape index (κ3) is 2.64. The summed E-state index contributed by atoms with van der Waals surface area (Å²) in [5.74, 6) is 2.25. The molecule has 0 saturated heterocycles. The van der Waals surface area contributed by atoms with Crippen LogP contribution in [-0.2, 0) is 0 Å². The lowest BCUT2D eigenvalue weighted by molar-refractivity contribution is 0.355. The van der Waals surface area contributed by atoms with E-state index in [4.69, 9.17) is 20.2 Å². The third-order valence-corrected chi connectivity index (χ3v) is 4.01. The molecule has 5 nitrogen and oxygen atoms in total. The van der Waals surface area contributed by atoms with Crippen LogP contribution in [0.3, 0.4) is 0 Å². The van der Waals surface area contributed by atoms with E-state index in [9.17, 15) is 0 Å². The van der Waals surface area contributed by atoms with Crippen molar-refractivity contribution in [3.63, 3.8) is 0 Å². The first kappa shape index (κ1) is 15.4. The maximum Gasteiger partial charge on any atom is 0.163 e. The van der Waals surface area contributed by atoms with Gasteiger partial charge in [-0.3, -0.25) is 0 Å². The van der Waals surface area contributed by atoms with Gasteiger partial charge < -0.3 is 19.8 Å². The van der Waals surface area contributed by atoms with E-state index in [1.807, 2.05) is 30.3 Å². The van der Waals surface area contributed by atoms with E-state index in [0.29, 0.717) is 18.0 Å². The Morgan fingerprint density at radius 1 is 1.09 bits per heavy atom. The van der Waals surface area contributed by atoms with E-state index in [1.54, 1.807) is 14.2 Å². The van der Waals surface area contributed by atoms with Crippen LogP contribution in [-0.4, -0.2) is 30.3 Å². The number of imidazole rings is 1. The van der Waals surface area contributed by atoms with Crippen molar-refractivity contribution >= 4 is 11.0 Å². The zero-order chi connectivity index (χ0) is 16.4. The molecular formula is C18H21N3O2. The molecule has 3 rings (SSSR count). The molecule has 120 valence electrons. The molecule has 0 aliphatic carbocycles. The highest BCUT2D eigenvalue weighted by Crippen LogP contribution is 2.35. The van der Waals surface area contributed by atoms with Crippen molar-refractivity contribution in [3.8, 4) is 22.9 Å². The van der Waals surface area contributed by atoms with Crippen LogP contribution in [0.25, 0.3) is 22.4 Å². The highest BCUT2D eigenvalue weighted by molar-refractivity contribution is 5.84. The second-order valence-corrected chi connectivity index (χ2v) is 5.45. The average molecular weight is 311 g/mol. The largest absolute Gasteiger partial charge is 0.493 e. The molecule has 0 aliphatic heterocycles. The van der Waals surface area contributed by atoms with Crippen molar-refractivity contribution in [1.82, 2.24) is 9.55 Å². The van der Waals surface area contributed by atoms with Crippen LogP contribution in [0.1, 0.15) is 13.0 Å². The standard InChI is InChI=1S/C18H21N3O2/c1-12(11-19)21-15-10-17(23-3)16(22-2)9-14(15)20-18(21)13-7-5-4-6-8-13/h4-10,12H,11,19H2,1-3H3. The number of ether oxygens (including phenoxy) is 2. The Bertz CT molecular complexity index is 812. The predicted molar refractivity (Wildman–Crippen MR) is 92.0 cm³/mol. The van der Waals surface area contributed by atoms with Gasteiger partial charge >= 0.3 is 0 Å². The number of hydrogen-bond acceptors (Lipinski definition) is 4. The molecule has 1 unspecified atom stereocenters. The normalized spacial score (nSPS) is 12.3. The molecule has 1 atom stereocenters. The zero-order valence-corrected chi connectivity index (χ0v) is 13.6. The summed E-state index contributed by atoms with van der Waals surface area (Å²) < 4.78 is 13.0. The van der Waals surface area contributed by atoms with E-state index >= 15 is 0 Å². The molecule has 0 aliphatic rings. The van der Waals surface area contributed by atoms with E-state index < -0.39 is 0 Å². The first-order chi connectivity index (χ1) is 11.2. The molecule has 0 amide bonds. The van der Waals surface area contributed by atoms with E-state index in [-0.39, 0.29) is 6.04 Å². The van der Waals surface area contributed by atoms with Crippen LogP contribution >= 0.6 is 0 Å². The van der Waals surface area contributed by atoms with Gasteiger partial charge in [0, 0.05) is 30.3 Å². The highest BCUT2D eigenvalue weighted by atomic mass is 16.5. The Labute approximate surface area is 135 Å². The fourth-order valence-electron chi connectivity index (χ4n) is 2.76. The maximum atomic E-state index is 5.92. The van der Waals surface area contributed by atoms with Crippen LogP contribution in [0.4, 0.5) is 0 Å². The molecule has 2 N–H and O–H groups in total. The van der Waals surface area contributed by atoms with Gasteiger partial charge in [0.1, 0.15) is 5.82 Å². The van der Waals surface area contributed by atoms with Gasteiger partial charge in [-0.1, -0.05) is 30.3 Å². The molecule has 3 aromatic rings. The van der Waals surface area contributed by atoms with Gasteiger partial charge in [0.15, 0.2) is 11.5 Å². The summed E-state index contributed by atoms with van der Waals surface area (Å²) in [7, 11) is 3.26. The Hall–Kier alpha value is -2.53. The van der Waals surface area contributed by atoms with E-state index in [2.05, 4.69) is 23.6 Å². The first-order valence-corrected chi connectivity index (χ1v) is 7.59. The molecule has 2 aromatic carbocycles. The van der Waals surface area contributed by atoms with Crippen LogP contribution in [0, 0.1) is 0 Å². The molecule has 1 heterocycles. The lowest BCUT2D eigenvalue weighted by Gasteiger charge is -2.16. The van der Waals surface area contributed by atoms with Gasteiger partial charge in [0.25, 0.3) is 0 Å². The lowest BCUT2D eigenvalue weighted by atomic mass is 10.2. The summed E-state index contributed by atoms with van der Waals surface area (Å²) >= 11 is 0. The molecule has 0 bridgehead atoms. The second-order valence-electron chi connectivity index (χ2n) is 5.45. The fraction of sp³-hybridized carbons (Fsp3) is 0.278. The molecule has 0 fully saturated rings. The van der Waals surface area contributed by atoms with Gasteiger partial charge in [0.2, 0.25) is 0 Å². The fourth-order valence-corrected chi connectivity index (χ4v) is 2.76. The number of rotatable bonds is 5. The number of nitrogens with two attached hydrogens (primary N) is 1. The SMILES string of the molecule is COc1cc2nc(-c3ccccc3)n(C(C)CN)c2cc1OC. The summed E-state index contributed by atoms with van der Waals surface area (Å²) in [5.41, 5.74) is 8.83. The maximum absolute atomic E-state index is 5.92. The lowest BCUT2D eigenvalue weighted by Crippen LogP contribution is -2.16. The van der Waals surface area contributed by atoms with Crippen LogP contribution in [0.2, 0.25) is 0 Å². The number of aromatic nitrogens is 2. The van der Waals surface area contributed by atoms with Crippen molar-refractivity contribution in [2.75, 3.05) is 20.8 Å². The number of fused-ring (bicyclic) bond motifs is 1. The van der Waals surface area contributed by atoms with Gasteiger partial charge in [-0.15, -0.1) is 0 Å². The van der Waals surface area contributed by atoms with E-state index in [0.717, 1.165) is 22.4 Å². The molecule has 23 heavy (non-hydrogen) atoms. The van der Waals surface area contributed by atoms with E-state index in [1.165, 1.54) is 0 Å². The van der Waals surface area contributed by atoms with Crippen molar-refractivity contribution in [3.05, 3.63) is 42.5 Å². The topological polar surface area (TPSA) is 62.3 Å². The molecule has 1 aromatic heterocycles. The number of benzene rings is 2. The monoisotopic (exact) mass is 311 g/mol. The average Bonchev–Trinajstić information content (AvgIpc) is 2.98. The van der Waals surface area contributed by atoms with Gasteiger partial charge in [-0.25, -0.2) is 4.98 Å². The summed E-state index contributed by atoms with van der Waals surface area (Å²) in [5, 5.41) is 0. The number of hydrogen-bond donors (Lipinski definition) is 1. The Morgan fingerprint density at radius 3 is 2.35 bits per heavy atom. The highest BCUT2D eigenvalue weighted by Gasteiger charge is 2.19. The van der Waals surface area contributed by atoms with Crippen molar-refractivity contribution < 1.29 is 9.47 Å². The van der Waals surface area contributed by atoms with Crippen molar-refractivity contribution in [2.24, 2.45) is 5.73 Å². The molecule has 5 heteroatoms. The summed E-state index contributed by atoms with van der Waals surface area (Å²) in [6.07, 6.45) is 0. The summed E-state index contributed by atoms with van der Waals surface area (Å²) in [6, 6.07) is 14.1. The van der Waals surface area contributed by atoms with Crippen LogP contribution in [0.15, 0.2) is 42.5 Å². The first-order valence-electron chi connectivity index (χ1n) is 7.59. The quantitative estimate of drug-likeness (QED) is 0.785. The zero-order valence-electron chi connectivity index (χ0n) is 13.6. The minimum atomic E-state index is 0.119. The Morgan fingerprint density at radius 2 is 1.74 bits per heavy atom. The van der Waals surface area contributed by atoms with Gasteiger partial charge in [0.05, 0.1) is 25.3 Å². The number of methoxy groups -OCH3 is 2. The van der Waals surface area contributed by atoms with Crippen LogP contribution in [0.5, 0.6) is 11.5 Å². The molecular weight excluding hydrogens is 290 g/mol. The molecule has 0 spiro atoms. The molecule has 0 saturated carbocycles. The third-order valence-electron chi connectivity index (χ3n) is 4.01. The second kappa shape index (κ2) is 6.30. The Balaban J connectivity index is 2.31. The van der Waals surface area contributed by atoms with Gasteiger partial charge in [-0.05, 0) is 6.92 Å². The van der Waals surface area contributed by atoms with Gasteiger partial charge in [-0.2, -0.15) is 0 Å². The van der Waals surface area contributed by atoms with Crippen molar-refractivity contribution in [2.45, 2.75) is 13.0 Å². The number of nitrogens with zero attached hydrogens (tertiary/aromatic N) is 2. The predicted octanol–water partition coefficient (Wildman–Crippen LogP) is 3.24. The summed E-state index contributed by atoms with van der Waals surface area (Å²) in [4.78, 5) is 4.81. The van der Waals surface area contributed by atoms with Crippen LogP contribution < -0.4 is 15.2 Å². The van der Waals surface area contributed by atoms with Crippen molar-refractivity contribution in [1.29, 1.82) is 0 Å². The molecule has 0 radical (unpaired) electrons. The minimum absolute atomic E-state index is 0.119. The summed E-state index contributed by atoms with van der Waals surface area (Å²) in [6.45, 7) is 2.61.